The van der Waals surface area contributed by atoms with Crippen LogP contribution in [0.3, 0.4) is 0 Å². The molecule has 3 nitrogen and oxygen atoms in total. The van der Waals surface area contributed by atoms with Crippen LogP contribution < -0.4 is 4.90 Å². The van der Waals surface area contributed by atoms with Gasteiger partial charge in [0.25, 0.3) is 0 Å². The van der Waals surface area contributed by atoms with E-state index < -0.39 is 0 Å². The van der Waals surface area contributed by atoms with Gasteiger partial charge in [-0.25, -0.2) is 0 Å². The van der Waals surface area contributed by atoms with E-state index in [-0.39, 0.29) is 0 Å². The second kappa shape index (κ2) is 5.77. The minimum Gasteiger partial charge on any atom is -0.440 e. The lowest BCUT2D eigenvalue weighted by atomic mass is 10.1. The van der Waals surface area contributed by atoms with E-state index >= 15 is 0 Å². The SMILES string of the molecule is CN(C)c1oc(/C=C(\C#N)c2ccccc2)cc1Br. The Morgan fingerprint density at radius 1 is 1.32 bits per heavy atom. The van der Waals surface area contributed by atoms with Gasteiger partial charge in [0, 0.05) is 20.2 Å². The van der Waals surface area contributed by atoms with Crippen molar-refractivity contribution in [2.24, 2.45) is 0 Å². The summed E-state index contributed by atoms with van der Waals surface area (Å²) >= 11 is 3.44. The normalized spacial score (nSPS) is 11.2. The van der Waals surface area contributed by atoms with E-state index in [9.17, 15) is 5.26 Å². The molecule has 1 aromatic heterocycles. The molecule has 0 bridgehead atoms. The fourth-order valence-corrected chi connectivity index (χ4v) is 2.35. The number of allylic oxidation sites excluding steroid dienone is 1. The van der Waals surface area contributed by atoms with Crippen molar-refractivity contribution in [2.45, 2.75) is 0 Å². The maximum Gasteiger partial charge on any atom is 0.209 e. The van der Waals surface area contributed by atoms with E-state index in [1.807, 2.05) is 55.4 Å². The molecule has 0 fully saturated rings. The summed E-state index contributed by atoms with van der Waals surface area (Å²) in [5.74, 6) is 1.38. The Morgan fingerprint density at radius 3 is 2.53 bits per heavy atom. The van der Waals surface area contributed by atoms with Crippen molar-refractivity contribution in [1.29, 1.82) is 5.26 Å². The van der Waals surface area contributed by atoms with E-state index in [4.69, 9.17) is 4.42 Å². The minimum absolute atomic E-state index is 0.576. The molecule has 19 heavy (non-hydrogen) atoms. The van der Waals surface area contributed by atoms with Crippen LogP contribution in [0.5, 0.6) is 0 Å². The molecule has 0 radical (unpaired) electrons. The van der Waals surface area contributed by atoms with Crippen LogP contribution >= 0.6 is 15.9 Å². The lowest BCUT2D eigenvalue weighted by molar-refractivity contribution is 0.554. The molecular weight excluding hydrogens is 304 g/mol. The summed E-state index contributed by atoms with van der Waals surface area (Å²) in [5.41, 5.74) is 1.45. The molecule has 0 saturated carbocycles. The summed E-state index contributed by atoms with van der Waals surface area (Å²) in [6.45, 7) is 0. The Hall–Kier alpha value is -1.99. The van der Waals surface area contributed by atoms with Gasteiger partial charge in [0.15, 0.2) is 0 Å². The van der Waals surface area contributed by atoms with Crippen molar-refractivity contribution in [1.82, 2.24) is 0 Å². The molecular formula is C15H13BrN2O. The molecule has 0 atom stereocenters. The number of nitrogens with zero attached hydrogens (tertiary/aromatic N) is 2. The Morgan fingerprint density at radius 2 is 2.00 bits per heavy atom. The minimum atomic E-state index is 0.576. The summed E-state index contributed by atoms with van der Waals surface area (Å²) in [7, 11) is 3.80. The van der Waals surface area contributed by atoms with E-state index in [0.717, 1.165) is 15.9 Å². The largest absolute Gasteiger partial charge is 0.440 e. The van der Waals surface area contributed by atoms with E-state index in [0.29, 0.717) is 11.3 Å². The van der Waals surface area contributed by atoms with Crippen molar-refractivity contribution >= 4 is 33.5 Å². The van der Waals surface area contributed by atoms with Gasteiger partial charge in [-0.05, 0) is 27.6 Å². The first-order chi connectivity index (χ1) is 9.11. The van der Waals surface area contributed by atoms with Gasteiger partial charge in [-0.2, -0.15) is 5.26 Å². The van der Waals surface area contributed by atoms with Crippen LogP contribution in [0.1, 0.15) is 11.3 Å². The molecule has 1 aromatic carbocycles. The number of anilines is 1. The Bertz CT molecular complexity index is 636. The maximum atomic E-state index is 9.24. The Balaban J connectivity index is 2.40. The highest BCUT2D eigenvalue weighted by atomic mass is 79.9. The fraction of sp³-hybridized carbons (Fsp3) is 0.133. The fourth-order valence-electron chi connectivity index (χ4n) is 1.69. The van der Waals surface area contributed by atoms with Gasteiger partial charge in [0.1, 0.15) is 5.76 Å². The van der Waals surface area contributed by atoms with Gasteiger partial charge < -0.3 is 9.32 Å². The van der Waals surface area contributed by atoms with Gasteiger partial charge in [-0.1, -0.05) is 30.3 Å². The third kappa shape index (κ3) is 3.07. The first-order valence-electron chi connectivity index (χ1n) is 5.75. The molecule has 0 aliphatic rings. The predicted octanol–water partition coefficient (Wildman–Crippen LogP) is 4.17. The highest BCUT2D eigenvalue weighted by molar-refractivity contribution is 9.10. The number of hydrogen-bond donors (Lipinski definition) is 0. The molecule has 0 unspecified atom stereocenters. The van der Waals surface area contributed by atoms with Crippen LogP contribution in [0.2, 0.25) is 0 Å². The zero-order valence-corrected chi connectivity index (χ0v) is 12.3. The third-order valence-corrected chi connectivity index (χ3v) is 3.15. The lowest BCUT2D eigenvalue weighted by Gasteiger charge is -2.07. The first-order valence-corrected chi connectivity index (χ1v) is 6.55. The quantitative estimate of drug-likeness (QED) is 0.798. The van der Waals surface area contributed by atoms with Crippen molar-refractivity contribution in [3.8, 4) is 6.07 Å². The highest BCUT2D eigenvalue weighted by Crippen LogP contribution is 2.30. The van der Waals surface area contributed by atoms with Crippen molar-refractivity contribution in [3.05, 3.63) is 52.2 Å². The standard InChI is InChI=1S/C15H13BrN2O/c1-18(2)15-14(16)9-13(19-15)8-12(10-17)11-6-4-3-5-7-11/h3-9H,1-2H3/b12-8+. The highest BCUT2D eigenvalue weighted by Gasteiger charge is 2.10. The van der Waals surface area contributed by atoms with Gasteiger partial charge >= 0.3 is 0 Å². The molecule has 0 aliphatic heterocycles. The van der Waals surface area contributed by atoms with Crippen LogP contribution in [-0.4, -0.2) is 14.1 Å². The smallest absolute Gasteiger partial charge is 0.209 e. The van der Waals surface area contributed by atoms with E-state index in [1.54, 1.807) is 6.08 Å². The van der Waals surface area contributed by atoms with Gasteiger partial charge in [0.05, 0.1) is 16.1 Å². The zero-order chi connectivity index (χ0) is 13.8. The summed E-state index contributed by atoms with van der Waals surface area (Å²) in [4.78, 5) is 1.87. The van der Waals surface area contributed by atoms with Crippen molar-refractivity contribution in [2.75, 3.05) is 19.0 Å². The molecule has 0 saturated heterocycles. The van der Waals surface area contributed by atoms with Gasteiger partial charge in [-0.15, -0.1) is 0 Å². The summed E-state index contributed by atoms with van der Waals surface area (Å²) < 4.78 is 6.55. The van der Waals surface area contributed by atoms with Crippen molar-refractivity contribution in [3.63, 3.8) is 0 Å². The van der Waals surface area contributed by atoms with Crippen molar-refractivity contribution < 1.29 is 4.42 Å². The number of benzene rings is 1. The van der Waals surface area contributed by atoms with Crippen LogP contribution in [-0.2, 0) is 0 Å². The van der Waals surface area contributed by atoms with E-state index in [1.165, 1.54) is 0 Å². The number of halogens is 1. The molecule has 1 heterocycles. The molecule has 4 heteroatoms. The lowest BCUT2D eigenvalue weighted by Crippen LogP contribution is -2.07. The second-order valence-corrected chi connectivity index (χ2v) is 5.09. The van der Waals surface area contributed by atoms with Crippen LogP contribution in [0, 0.1) is 11.3 Å². The molecule has 2 rings (SSSR count). The average Bonchev–Trinajstić information content (AvgIpc) is 2.78. The Labute approximate surface area is 120 Å². The van der Waals surface area contributed by atoms with Gasteiger partial charge in [-0.3, -0.25) is 0 Å². The number of furan rings is 1. The number of rotatable bonds is 3. The molecule has 0 amide bonds. The predicted molar refractivity (Wildman–Crippen MR) is 80.7 cm³/mol. The maximum absolute atomic E-state index is 9.24. The summed E-state index contributed by atoms with van der Waals surface area (Å²) in [5, 5.41) is 9.24. The molecule has 0 spiro atoms. The number of nitriles is 1. The van der Waals surface area contributed by atoms with Crippen LogP contribution in [0.25, 0.3) is 11.6 Å². The number of hydrogen-bond acceptors (Lipinski definition) is 3. The molecule has 2 aromatic rings. The monoisotopic (exact) mass is 316 g/mol. The van der Waals surface area contributed by atoms with Crippen LogP contribution in [0.15, 0.2) is 45.3 Å². The summed E-state index contributed by atoms with van der Waals surface area (Å²) in [6.07, 6.45) is 1.74. The first kappa shape index (κ1) is 13.4. The topological polar surface area (TPSA) is 40.2 Å². The Kier molecular flexibility index (Phi) is 4.08. The van der Waals surface area contributed by atoms with Crippen LogP contribution in [0.4, 0.5) is 5.88 Å². The van der Waals surface area contributed by atoms with E-state index in [2.05, 4.69) is 22.0 Å². The molecule has 0 aliphatic carbocycles. The third-order valence-electron chi connectivity index (χ3n) is 2.59. The van der Waals surface area contributed by atoms with Gasteiger partial charge in [0.2, 0.25) is 5.88 Å². The second-order valence-electron chi connectivity index (χ2n) is 4.23. The summed E-state index contributed by atoms with van der Waals surface area (Å²) in [6, 6.07) is 13.6. The molecule has 96 valence electrons. The zero-order valence-electron chi connectivity index (χ0n) is 10.7. The average molecular weight is 317 g/mol. The molecule has 0 N–H and O–H groups in total.